The summed E-state index contributed by atoms with van der Waals surface area (Å²) in [5.74, 6) is 1.49. The monoisotopic (exact) mass is 306 g/mol. The molecule has 0 saturated carbocycles. The summed E-state index contributed by atoms with van der Waals surface area (Å²) < 4.78 is 12.1. The topological polar surface area (TPSA) is 18.5 Å². The zero-order valence-corrected chi connectivity index (χ0v) is 12.0. The van der Waals surface area contributed by atoms with Gasteiger partial charge in [0.15, 0.2) is 11.5 Å². The van der Waals surface area contributed by atoms with Crippen LogP contribution in [0.4, 0.5) is 0 Å². The molecule has 94 valence electrons. The highest BCUT2D eigenvalue weighted by molar-refractivity contribution is 9.10. The zero-order chi connectivity index (χ0) is 13.0. The first kappa shape index (κ1) is 13.0. The Hall–Kier alpha value is -1.48. The first-order chi connectivity index (χ1) is 8.70. The average molecular weight is 307 g/mol. The Morgan fingerprint density at radius 2 is 1.83 bits per heavy atom. The lowest BCUT2D eigenvalue weighted by molar-refractivity contribution is 0.282. The fourth-order valence-electron chi connectivity index (χ4n) is 1.72. The van der Waals surface area contributed by atoms with E-state index < -0.39 is 0 Å². The standard InChI is InChI=1S/C15H15BrO2/c1-11-8-13(16)15(14(9-11)17-2)18-10-12-6-4-3-5-7-12/h3-9H,10H2,1-2H3. The SMILES string of the molecule is COc1cc(C)cc(Br)c1OCc1ccccc1. The Bertz CT molecular complexity index is 524. The van der Waals surface area contributed by atoms with Crippen molar-refractivity contribution in [1.82, 2.24) is 0 Å². The normalized spacial score (nSPS) is 10.2. The minimum atomic E-state index is 0.527. The van der Waals surface area contributed by atoms with Gasteiger partial charge in [0, 0.05) is 0 Å². The summed E-state index contributed by atoms with van der Waals surface area (Å²) in [7, 11) is 1.65. The number of halogens is 1. The molecular weight excluding hydrogens is 292 g/mol. The summed E-state index contributed by atoms with van der Waals surface area (Å²) in [6.45, 7) is 2.55. The van der Waals surface area contributed by atoms with Crippen LogP contribution in [0, 0.1) is 6.92 Å². The van der Waals surface area contributed by atoms with Crippen LogP contribution < -0.4 is 9.47 Å². The molecule has 0 unspecified atom stereocenters. The molecule has 0 saturated heterocycles. The fourth-order valence-corrected chi connectivity index (χ4v) is 2.39. The minimum absolute atomic E-state index is 0.527. The highest BCUT2D eigenvalue weighted by Gasteiger charge is 2.10. The van der Waals surface area contributed by atoms with E-state index in [1.807, 2.05) is 49.4 Å². The molecule has 0 amide bonds. The van der Waals surface area contributed by atoms with Gasteiger partial charge in [-0.2, -0.15) is 0 Å². The second kappa shape index (κ2) is 5.91. The molecule has 0 N–H and O–H groups in total. The predicted molar refractivity (Wildman–Crippen MR) is 76.2 cm³/mol. The number of hydrogen-bond acceptors (Lipinski definition) is 2. The second-order valence-electron chi connectivity index (χ2n) is 4.05. The average Bonchev–Trinajstić information content (AvgIpc) is 2.38. The number of hydrogen-bond donors (Lipinski definition) is 0. The Labute approximate surface area is 116 Å². The van der Waals surface area contributed by atoms with Gasteiger partial charge in [-0.15, -0.1) is 0 Å². The van der Waals surface area contributed by atoms with Gasteiger partial charge in [-0.05, 0) is 46.1 Å². The van der Waals surface area contributed by atoms with E-state index in [2.05, 4.69) is 15.9 Å². The largest absolute Gasteiger partial charge is 0.493 e. The van der Waals surface area contributed by atoms with Gasteiger partial charge in [0.1, 0.15) is 6.61 Å². The number of methoxy groups -OCH3 is 1. The third-order valence-corrected chi connectivity index (χ3v) is 3.19. The second-order valence-corrected chi connectivity index (χ2v) is 4.91. The maximum Gasteiger partial charge on any atom is 0.175 e. The summed E-state index contributed by atoms with van der Waals surface area (Å²) in [6.07, 6.45) is 0. The van der Waals surface area contributed by atoms with Crippen LogP contribution in [0.15, 0.2) is 46.9 Å². The van der Waals surface area contributed by atoms with Crippen LogP contribution in [0.3, 0.4) is 0 Å². The first-order valence-corrected chi connectivity index (χ1v) is 6.51. The molecule has 2 aromatic rings. The predicted octanol–water partition coefficient (Wildman–Crippen LogP) is 4.35. The number of aryl methyl sites for hydroxylation is 1. The van der Waals surface area contributed by atoms with Gasteiger partial charge < -0.3 is 9.47 Å². The lowest BCUT2D eigenvalue weighted by atomic mass is 10.2. The molecule has 0 aliphatic heterocycles. The van der Waals surface area contributed by atoms with E-state index >= 15 is 0 Å². The van der Waals surface area contributed by atoms with Crippen molar-refractivity contribution in [2.45, 2.75) is 13.5 Å². The molecule has 2 aromatic carbocycles. The third-order valence-electron chi connectivity index (χ3n) is 2.60. The molecule has 3 heteroatoms. The maximum atomic E-state index is 5.83. The molecule has 0 spiro atoms. The molecule has 0 radical (unpaired) electrons. The van der Waals surface area contributed by atoms with Gasteiger partial charge in [0.2, 0.25) is 0 Å². The first-order valence-electron chi connectivity index (χ1n) is 5.71. The molecule has 0 bridgehead atoms. The summed E-state index contributed by atoms with van der Waals surface area (Å²) >= 11 is 3.51. The van der Waals surface area contributed by atoms with Crippen molar-refractivity contribution in [3.8, 4) is 11.5 Å². The summed E-state index contributed by atoms with van der Waals surface area (Å²) in [5, 5.41) is 0. The fraction of sp³-hybridized carbons (Fsp3) is 0.200. The molecule has 0 aromatic heterocycles. The maximum absolute atomic E-state index is 5.83. The van der Waals surface area contributed by atoms with Gasteiger partial charge in [-0.1, -0.05) is 30.3 Å². The molecule has 0 atom stereocenters. The van der Waals surface area contributed by atoms with Crippen LogP contribution in [-0.4, -0.2) is 7.11 Å². The van der Waals surface area contributed by atoms with E-state index in [-0.39, 0.29) is 0 Å². The zero-order valence-electron chi connectivity index (χ0n) is 10.4. The van der Waals surface area contributed by atoms with Crippen molar-refractivity contribution in [2.75, 3.05) is 7.11 Å². The molecule has 0 heterocycles. The Morgan fingerprint density at radius 3 is 2.50 bits per heavy atom. The number of rotatable bonds is 4. The Balaban J connectivity index is 2.19. The number of ether oxygens (including phenoxy) is 2. The summed E-state index contributed by atoms with van der Waals surface area (Å²) in [6, 6.07) is 14.0. The lowest BCUT2D eigenvalue weighted by Gasteiger charge is -2.13. The minimum Gasteiger partial charge on any atom is -0.493 e. The Morgan fingerprint density at radius 1 is 1.11 bits per heavy atom. The van der Waals surface area contributed by atoms with Crippen LogP contribution in [-0.2, 0) is 6.61 Å². The van der Waals surface area contributed by atoms with Crippen LogP contribution in [0.1, 0.15) is 11.1 Å². The molecular formula is C15H15BrO2. The van der Waals surface area contributed by atoms with E-state index in [0.29, 0.717) is 6.61 Å². The third kappa shape index (κ3) is 3.05. The van der Waals surface area contributed by atoms with Gasteiger partial charge in [-0.3, -0.25) is 0 Å². The number of benzene rings is 2. The lowest BCUT2D eigenvalue weighted by Crippen LogP contribution is -1.98. The van der Waals surface area contributed by atoms with Crippen molar-refractivity contribution in [2.24, 2.45) is 0 Å². The van der Waals surface area contributed by atoms with Crippen molar-refractivity contribution in [3.63, 3.8) is 0 Å². The van der Waals surface area contributed by atoms with Crippen molar-refractivity contribution >= 4 is 15.9 Å². The van der Waals surface area contributed by atoms with Crippen LogP contribution in [0.5, 0.6) is 11.5 Å². The van der Waals surface area contributed by atoms with E-state index in [9.17, 15) is 0 Å². The Kier molecular flexibility index (Phi) is 4.26. The van der Waals surface area contributed by atoms with Gasteiger partial charge >= 0.3 is 0 Å². The van der Waals surface area contributed by atoms with Gasteiger partial charge in [0.25, 0.3) is 0 Å². The smallest absolute Gasteiger partial charge is 0.175 e. The van der Waals surface area contributed by atoms with Crippen molar-refractivity contribution in [1.29, 1.82) is 0 Å². The molecule has 2 nitrogen and oxygen atoms in total. The molecule has 0 fully saturated rings. The van der Waals surface area contributed by atoms with Crippen LogP contribution in [0.2, 0.25) is 0 Å². The van der Waals surface area contributed by atoms with E-state index in [0.717, 1.165) is 27.1 Å². The van der Waals surface area contributed by atoms with Gasteiger partial charge in [0.05, 0.1) is 11.6 Å². The van der Waals surface area contributed by atoms with E-state index in [1.54, 1.807) is 7.11 Å². The molecule has 18 heavy (non-hydrogen) atoms. The highest BCUT2D eigenvalue weighted by Crippen LogP contribution is 2.36. The molecule has 0 aliphatic carbocycles. The highest BCUT2D eigenvalue weighted by atomic mass is 79.9. The van der Waals surface area contributed by atoms with Gasteiger partial charge in [-0.25, -0.2) is 0 Å². The van der Waals surface area contributed by atoms with E-state index in [4.69, 9.17) is 9.47 Å². The quantitative estimate of drug-likeness (QED) is 0.836. The van der Waals surface area contributed by atoms with Crippen LogP contribution >= 0.6 is 15.9 Å². The molecule has 0 aliphatic rings. The van der Waals surface area contributed by atoms with Crippen molar-refractivity contribution < 1.29 is 9.47 Å². The van der Waals surface area contributed by atoms with Crippen LogP contribution in [0.25, 0.3) is 0 Å². The summed E-state index contributed by atoms with van der Waals surface area (Å²) in [4.78, 5) is 0. The summed E-state index contributed by atoms with van der Waals surface area (Å²) in [5.41, 5.74) is 2.26. The molecule has 2 rings (SSSR count). The van der Waals surface area contributed by atoms with Crippen molar-refractivity contribution in [3.05, 3.63) is 58.1 Å². The van der Waals surface area contributed by atoms with E-state index in [1.165, 1.54) is 0 Å².